The van der Waals surface area contributed by atoms with E-state index in [1.54, 1.807) is 6.20 Å². The summed E-state index contributed by atoms with van der Waals surface area (Å²) in [6.07, 6.45) is 2.23. The fourth-order valence-electron chi connectivity index (χ4n) is 1.95. The van der Waals surface area contributed by atoms with E-state index in [9.17, 15) is 4.79 Å². The van der Waals surface area contributed by atoms with Crippen LogP contribution in [0.2, 0.25) is 0 Å². The maximum atomic E-state index is 11.9. The highest BCUT2D eigenvalue weighted by Gasteiger charge is 2.29. The Hall–Kier alpha value is -1.49. The van der Waals surface area contributed by atoms with E-state index in [4.69, 9.17) is 4.74 Å². The molecule has 1 aliphatic rings. The molecule has 0 unspecified atom stereocenters. The predicted molar refractivity (Wildman–Crippen MR) is 62.3 cm³/mol. The van der Waals surface area contributed by atoms with Crippen LogP contribution in [-0.2, 0) is 9.53 Å². The van der Waals surface area contributed by atoms with Gasteiger partial charge in [-0.15, -0.1) is 0 Å². The molecular formula is C12H17N3O2. The molecule has 1 aromatic rings. The van der Waals surface area contributed by atoms with E-state index < -0.39 is 0 Å². The van der Waals surface area contributed by atoms with Crippen molar-refractivity contribution in [3.8, 4) is 0 Å². The van der Waals surface area contributed by atoms with Gasteiger partial charge < -0.3 is 9.64 Å². The first-order chi connectivity index (χ1) is 8.22. The van der Waals surface area contributed by atoms with Gasteiger partial charge in [0, 0.05) is 24.9 Å². The molecule has 2 rings (SSSR count). The van der Waals surface area contributed by atoms with Crippen LogP contribution in [0.1, 0.15) is 30.9 Å². The molecule has 5 nitrogen and oxygen atoms in total. The topological polar surface area (TPSA) is 55.3 Å². The van der Waals surface area contributed by atoms with Gasteiger partial charge in [-0.1, -0.05) is 6.92 Å². The van der Waals surface area contributed by atoms with Gasteiger partial charge in [0.2, 0.25) is 5.91 Å². The quantitative estimate of drug-likeness (QED) is 0.770. The van der Waals surface area contributed by atoms with Crippen LogP contribution in [-0.4, -0.2) is 40.5 Å². The van der Waals surface area contributed by atoms with Gasteiger partial charge in [-0.05, 0) is 13.0 Å². The Balaban J connectivity index is 2.24. The summed E-state index contributed by atoms with van der Waals surface area (Å²) in [5.74, 6) is 0.801. The molecule has 0 aromatic carbocycles. The third-order valence-corrected chi connectivity index (χ3v) is 2.86. The second kappa shape index (κ2) is 5.23. The smallest absolute Gasteiger partial charge is 0.223 e. The standard InChI is InChI=1S/C12H17N3O2/c1-3-11(16)15-6-7-17-8-10(15)12-13-5-4-9(2)14-12/h4-5,10H,3,6-8H2,1-2H3/t10-/m0/s1. The molecule has 1 atom stereocenters. The minimum Gasteiger partial charge on any atom is -0.377 e. The van der Waals surface area contributed by atoms with E-state index in [0.29, 0.717) is 32.0 Å². The highest BCUT2D eigenvalue weighted by Crippen LogP contribution is 2.21. The number of carbonyl (C=O) groups is 1. The summed E-state index contributed by atoms with van der Waals surface area (Å²) in [4.78, 5) is 22.3. The van der Waals surface area contributed by atoms with E-state index in [0.717, 1.165) is 5.69 Å². The number of hydrogen-bond donors (Lipinski definition) is 0. The first-order valence-electron chi connectivity index (χ1n) is 5.89. The highest BCUT2D eigenvalue weighted by molar-refractivity contribution is 5.76. The van der Waals surface area contributed by atoms with E-state index in [1.165, 1.54) is 0 Å². The van der Waals surface area contributed by atoms with Gasteiger partial charge in [-0.2, -0.15) is 0 Å². The van der Waals surface area contributed by atoms with E-state index in [-0.39, 0.29) is 11.9 Å². The molecule has 0 saturated carbocycles. The van der Waals surface area contributed by atoms with Crippen LogP contribution in [0, 0.1) is 6.92 Å². The Morgan fingerprint density at radius 3 is 3.18 bits per heavy atom. The van der Waals surface area contributed by atoms with Gasteiger partial charge in [0.25, 0.3) is 0 Å². The van der Waals surface area contributed by atoms with Gasteiger partial charge >= 0.3 is 0 Å². The van der Waals surface area contributed by atoms with Crippen molar-refractivity contribution in [2.45, 2.75) is 26.3 Å². The Bertz CT molecular complexity index is 408. The van der Waals surface area contributed by atoms with Crippen LogP contribution >= 0.6 is 0 Å². The summed E-state index contributed by atoms with van der Waals surface area (Å²) in [5.41, 5.74) is 0.907. The molecule has 17 heavy (non-hydrogen) atoms. The van der Waals surface area contributed by atoms with E-state index >= 15 is 0 Å². The lowest BCUT2D eigenvalue weighted by molar-refractivity contribution is -0.140. The summed E-state index contributed by atoms with van der Waals surface area (Å²) < 4.78 is 5.43. The molecule has 2 heterocycles. The number of morpholine rings is 1. The van der Waals surface area contributed by atoms with Crippen molar-refractivity contribution in [2.75, 3.05) is 19.8 Å². The van der Waals surface area contributed by atoms with E-state index in [2.05, 4.69) is 9.97 Å². The normalized spacial score (nSPS) is 20.4. The molecule has 1 aliphatic heterocycles. The molecule has 1 aromatic heterocycles. The monoisotopic (exact) mass is 235 g/mol. The maximum absolute atomic E-state index is 11.9. The molecule has 5 heteroatoms. The molecular weight excluding hydrogens is 218 g/mol. The lowest BCUT2D eigenvalue weighted by Crippen LogP contribution is -2.43. The van der Waals surface area contributed by atoms with Gasteiger partial charge in [0.15, 0.2) is 5.82 Å². The first kappa shape index (κ1) is 12.0. The van der Waals surface area contributed by atoms with Crippen molar-refractivity contribution in [3.05, 3.63) is 23.8 Å². The lowest BCUT2D eigenvalue weighted by atomic mass is 10.2. The molecule has 0 aliphatic carbocycles. The van der Waals surface area contributed by atoms with Crippen molar-refractivity contribution in [3.63, 3.8) is 0 Å². The summed E-state index contributed by atoms with van der Waals surface area (Å²) >= 11 is 0. The van der Waals surface area contributed by atoms with Crippen molar-refractivity contribution in [1.29, 1.82) is 0 Å². The summed E-state index contributed by atoms with van der Waals surface area (Å²) in [5, 5.41) is 0. The fraction of sp³-hybridized carbons (Fsp3) is 0.583. The number of rotatable bonds is 2. The summed E-state index contributed by atoms with van der Waals surface area (Å²) in [6.45, 7) is 5.48. The van der Waals surface area contributed by atoms with Crippen molar-refractivity contribution in [2.24, 2.45) is 0 Å². The molecule has 0 spiro atoms. The second-order valence-electron chi connectivity index (χ2n) is 4.09. The summed E-state index contributed by atoms with van der Waals surface area (Å²) in [7, 11) is 0. The molecule has 92 valence electrons. The van der Waals surface area contributed by atoms with Crippen molar-refractivity contribution >= 4 is 5.91 Å². The van der Waals surface area contributed by atoms with Crippen molar-refractivity contribution in [1.82, 2.24) is 14.9 Å². The molecule has 0 radical (unpaired) electrons. The number of hydrogen-bond acceptors (Lipinski definition) is 4. The molecule has 1 fully saturated rings. The zero-order chi connectivity index (χ0) is 12.3. The SMILES string of the molecule is CCC(=O)N1CCOC[C@H]1c1nccc(C)n1. The van der Waals surface area contributed by atoms with Gasteiger partial charge in [-0.3, -0.25) is 4.79 Å². The average molecular weight is 235 g/mol. The van der Waals surface area contributed by atoms with Crippen LogP contribution < -0.4 is 0 Å². The van der Waals surface area contributed by atoms with E-state index in [1.807, 2.05) is 24.8 Å². The minimum atomic E-state index is -0.143. The van der Waals surface area contributed by atoms with Crippen LogP contribution in [0.25, 0.3) is 0 Å². The molecule has 1 saturated heterocycles. The summed E-state index contributed by atoms with van der Waals surface area (Å²) in [6, 6.07) is 1.70. The number of carbonyl (C=O) groups excluding carboxylic acids is 1. The Morgan fingerprint density at radius 2 is 2.47 bits per heavy atom. The minimum absolute atomic E-state index is 0.128. The third-order valence-electron chi connectivity index (χ3n) is 2.86. The highest BCUT2D eigenvalue weighted by atomic mass is 16.5. The lowest BCUT2D eigenvalue weighted by Gasteiger charge is -2.34. The van der Waals surface area contributed by atoms with Crippen LogP contribution in [0.4, 0.5) is 0 Å². The van der Waals surface area contributed by atoms with Crippen LogP contribution in [0.3, 0.4) is 0 Å². The fourth-order valence-corrected chi connectivity index (χ4v) is 1.95. The van der Waals surface area contributed by atoms with Gasteiger partial charge in [-0.25, -0.2) is 9.97 Å². The van der Waals surface area contributed by atoms with Crippen molar-refractivity contribution < 1.29 is 9.53 Å². The zero-order valence-electron chi connectivity index (χ0n) is 10.2. The average Bonchev–Trinajstić information content (AvgIpc) is 2.38. The number of ether oxygens (including phenoxy) is 1. The zero-order valence-corrected chi connectivity index (χ0v) is 10.2. The Kier molecular flexibility index (Phi) is 3.68. The largest absolute Gasteiger partial charge is 0.377 e. The second-order valence-corrected chi connectivity index (χ2v) is 4.09. The Morgan fingerprint density at radius 1 is 1.65 bits per heavy atom. The Labute approximate surface area is 101 Å². The molecule has 0 N–H and O–H groups in total. The van der Waals surface area contributed by atoms with Crippen LogP contribution in [0.5, 0.6) is 0 Å². The number of amides is 1. The number of aromatic nitrogens is 2. The third kappa shape index (κ3) is 2.61. The number of aryl methyl sites for hydroxylation is 1. The van der Waals surface area contributed by atoms with Gasteiger partial charge in [0.1, 0.15) is 6.04 Å². The first-order valence-corrected chi connectivity index (χ1v) is 5.89. The molecule has 0 bridgehead atoms. The van der Waals surface area contributed by atoms with Crippen LogP contribution in [0.15, 0.2) is 12.3 Å². The molecule has 1 amide bonds. The number of nitrogens with zero attached hydrogens (tertiary/aromatic N) is 3. The van der Waals surface area contributed by atoms with Gasteiger partial charge in [0.05, 0.1) is 13.2 Å². The predicted octanol–water partition coefficient (Wildman–Crippen LogP) is 1.09. The maximum Gasteiger partial charge on any atom is 0.223 e.